The molecule has 1 N–H and O–H groups in total. The molecule has 0 aliphatic rings. The SMILES string of the molecule is CC(C)(Nc1ncc(-c2nccs2)cn1)c1ncccc1Cl. The fraction of sp³-hybridized carbons (Fsp3) is 0.200. The zero-order valence-corrected chi connectivity index (χ0v) is 13.7. The molecule has 0 amide bonds. The van der Waals surface area contributed by atoms with Crippen LogP contribution in [-0.4, -0.2) is 19.9 Å². The summed E-state index contributed by atoms with van der Waals surface area (Å²) in [7, 11) is 0. The lowest BCUT2D eigenvalue weighted by Crippen LogP contribution is -2.30. The molecule has 112 valence electrons. The van der Waals surface area contributed by atoms with E-state index in [1.807, 2.05) is 25.3 Å². The molecule has 0 atom stereocenters. The van der Waals surface area contributed by atoms with Crippen LogP contribution in [-0.2, 0) is 5.54 Å². The molecule has 22 heavy (non-hydrogen) atoms. The molecule has 0 saturated carbocycles. The average molecular weight is 332 g/mol. The Labute approximate surface area is 137 Å². The van der Waals surface area contributed by atoms with Gasteiger partial charge < -0.3 is 5.32 Å². The fourth-order valence-electron chi connectivity index (χ4n) is 2.05. The van der Waals surface area contributed by atoms with Gasteiger partial charge >= 0.3 is 0 Å². The van der Waals surface area contributed by atoms with Gasteiger partial charge in [-0.3, -0.25) is 4.98 Å². The minimum absolute atomic E-state index is 0.485. The lowest BCUT2D eigenvalue weighted by molar-refractivity contribution is 0.581. The molecule has 7 heteroatoms. The molecule has 3 rings (SSSR count). The number of anilines is 1. The second kappa shape index (κ2) is 5.98. The summed E-state index contributed by atoms with van der Waals surface area (Å²) in [4.78, 5) is 17.3. The van der Waals surface area contributed by atoms with Crippen molar-refractivity contribution in [3.63, 3.8) is 0 Å². The minimum atomic E-state index is -0.485. The van der Waals surface area contributed by atoms with Gasteiger partial charge in [0.15, 0.2) is 0 Å². The molecule has 0 bridgehead atoms. The monoisotopic (exact) mass is 331 g/mol. The van der Waals surface area contributed by atoms with Crippen molar-refractivity contribution in [2.45, 2.75) is 19.4 Å². The average Bonchev–Trinajstić information content (AvgIpc) is 3.02. The second-order valence-electron chi connectivity index (χ2n) is 5.22. The van der Waals surface area contributed by atoms with E-state index in [1.54, 1.807) is 42.2 Å². The number of hydrogen-bond acceptors (Lipinski definition) is 6. The first-order valence-electron chi connectivity index (χ1n) is 6.67. The zero-order valence-electron chi connectivity index (χ0n) is 12.1. The van der Waals surface area contributed by atoms with Crippen molar-refractivity contribution in [3.05, 3.63) is 53.0 Å². The molecule has 0 aliphatic heterocycles. The highest BCUT2D eigenvalue weighted by Crippen LogP contribution is 2.28. The van der Waals surface area contributed by atoms with Gasteiger partial charge in [0.05, 0.1) is 16.3 Å². The van der Waals surface area contributed by atoms with E-state index >= 15 is 0 Å². The predicted molar refractivity (Wildman–Crippen MR) is 89.0 cm³/mol. The maximum absolute atomic E-state index is 6.22. The third-order valence-electron chi connectivity index (χ3n) is 3.11. The van der Waals surface area contributed by atoms with Crippen molar-refractivity contribution in [2.75, 3.05) is 5.32 Å². The van der Waals surface area contributed by atoms with Gasteiger partial charge in [0.2, 0.25) is 5.95 Å². The van der Waals surface area contributed by atoms with Crippen LogP contribution in [0.15, 0.2) is 42.3 Å². The number of thiazole rings is 1. The number of aromatic nitrogens is 4. The first-order valence-corrected chi connectivity index (χ1v) is 7.93. The van der Waals surface area contributed by atoms with Gasteiger partial charge in [-0.1, -0.05) is 11.6 Å². The third-order valence-corrected chi connectivity index (χ3v) is 4.23. The maximum Gasteiger partial charge on any atom is 0.223 e. The molecule has 3 aromatic heterocycles. The Morgan fingerprint density at radius 3 is 2.50 bits per heavy atom. The molecule has 0 spiro atoms. The van der Waals surface area contributed by atoms with Crippen molar-refractivity contribution in [2.24, 2.45) is 0 Å². The summed E-state index contributed by atoms with van der Waals surface area (Å²) in [5, 5.41) is 6.70. The van der Waals surface area contributed by atoms with Crippen LogP contribution < -0.4 is 5.32 Å². The molecule has 0 aromatic carbocycles. The van der Waals surface area contributed by atoms with Gasteiger partial charge in [-0.15, -0.1) is 11.3 Å². The summed E-state index contributed by atoms with van der Waals surface area (Å²) >= 11 is 7.77. The molecule has 3 heterocycles. The largest absolute Gasteiger partial charge is 0.344 e. The van der Waals surface area contributed by atoms with Gasteiger partial charge in [0.25, 0.3) is 0 Å². The Kier molecular flexibility index (Phi) is 4.04. The van der Waals surface area contributed by atoms with E-state index in [1.165, 1.54) is 0 Å². The van der Waals surface area contributed by atoms with E-state index in [-0.39, 0.29) is 0 Å². The normalized spacial score (nSPS) is 11.4. The molecule has 3 aromatic rings. The van der Waals surface area contributed by atoms with Crippen molar-refractivity contribution in [3.8, 4) is 10.6 Å². The number of nitrogens with zero attached hydrogens (tertiary/aromatic N) is 4. The van der Waals surface area contributed by atoms with E-state index in [4.69, 9.17) is 11.6 Å². The summed E-state index contributed by atoms with van der Waals surface area (Å²) < 4.78 is 0. The number of rotatable bonds is 4. The summed E-state index contributed by atoms with van der Waals surface area (Å²) in [6.07, 6.45) is 6.99. The highest BCUT2D eigenvalue weighted by atomic mass is 35.5. The standard InChI is InChI=1S/C15H14ClN5S/c1-15(2,12-11(16)4-3-5-17-12)21-14-19-8-10(9-20-14)13-18-6-7-22-13/h3-9H,1-2H3,(H,19,20,21). The third kappa shape index (κ3) is 3.08. The molecule has 0 radical (unpaired) electrons. The minimum Gasteiger partial charge on any atom is -0.344 e. The van der Waals surface area contributed by atoms with Crippen LogP contribution in [0.3, 0.4) is 0 Å². The molecule has 0 fully saturated rings. The molecular weight excluding hydrogens is 318 g/mol. The van der Waals surface area contributed by atoms with Crippen LogP contribution in [0, 0.1) is 0 Å². The zero-order chi connectivity index (χ0) is 15.6. The van der Waals surface area contributed by atoms with Gasteiger partial charge in [-0.2, -0.15) is 0 Å². The highest BCUT2D eigenvalue weighted by molar-refractivity contribution is 7.13. The van der Waals surface area contributed by atoms with Gasteiger partial charge in [-0.05, 0) is 26.0 Å². The Hall–Kier alpha value is -2.05. The van der Waals surface area contributed by atoms with E-state index in [0.717, 1.165) is 16.3 Å². The second-order valence-corrected chi connectivity index (χ2v) is 6.52. The first kappa shape index (κ1) is 14.9. The van der Waals surface area contributed by atoms with Crippen molar-refractivity contribution < 1.29 is 0 Å². The van der Waals surface area contributed by atoms with E-state index in [9.17, 15) is 0 Å². The van der Waals surface area contributed by atoms with Crippen LogP contribution in [0.25, 0.3) is 10.6 Å². The summed E-state index contributed by atoms with van der Waals surface area (Å²) in [6, 6.07) is 3.63. The summed E-state index contributed by atoms with van der Waals surface area (Å²) in [5.74, 6) is 0.520. The molecular formula is C15H14ClN5S. The highest BCUT2D eigenvalue weighted by Gasteiger charge is 2.25. The predicted octanol–water partition coefficient (Wildman–Crippen LogP) is 4.00. The van der Waals surface area contributed by atoms with Crippen molar-refractivity contribution in [1.82, 2.24) is 19.9 Å². The Bertz CT molecular complexity index is 756. The lowest BCUT2D eigenvalue weighted by atomic mass is 10.00. The van der Waals surface area contributed by atoms with Crippen LogP contribution in [0.2, 0.25) is 5.02 Å². The van der Waals surface area contributed by atoms with Gasteiger partial charge in [0.1, 0.15) is 5.01 Å². The first-order chi connectivity index (χ1) is 10.6. The Morgan fingerprint density at radius 1 is 1.09 bits per heavy atom. The Morgan fingerprint density at radius 2 is 1.86 bits per heavy atom. The van der Waals surface area contributed by atoms with Crippen molar-refractivity contribution >= 4 is 28.9 Å². The van der Waals surface area contributed by atoms with Crippen LogP contribution in [0.5, 0.6) is 0 Å². The molecule has 0 aliphatic carbocycles. The van der Waals surface area contributed by atoms with Gasteiger partial charge in [0, 0.05) is 35.7 Å². The lowest BCUT2D eigenvalue weighted by Gasteiger charge is -2.26. The van der Waals surface area contributed by atoms with E-state index in [0.29, 0.717) is 11.0 Å². The maximum atomic E-state index is 6.22. The molecule has 0 unspecified atom stereocenters. The molecule has 0 saturated heterocycles. The summed E-state index contributed by atoms with van der Waals surface area (Å²) in [6.45, 7) is 3.97. The number of pyridine rings is 1. The molecule has 5 nitrogen and oxygen atoms in total. The van der Waals surface area contributed by atoms with Crippen LogP contribution in [0.1, 0.15) is 19.5 Å². The Balaban J connectivity index is 1.82. The number of hydrogen-bond donors (Lipinski definition) is 1. The summed E-state index contributed by atoms with van der Waals surface area (Å²) in [5.41, 5.74) is 1.17. The number of halogens is 1. The smallest absolute Gasteiger partial charge is 0.223 e. The van der Waals surface area contributed by atoms with Crippen LogP contribution >= 0.6 is 22.9 Å². The van der Waals surface area contributed by atoms with Crippen LogP contribution in [0.4, 0.5) is 5.95 Å². The van der Waals surface area contributed by atoms with Crippen molar-refractivity contribution in [1.29, 1.82) is 0 Å². The van der Waals surface area contributed by atoms with E-state index < -0.39 is 5.54 Å². The van der Waals surface area contributed by atoms with Gasteiger partial charge in [-0.25, -0.2) is 15.0 Å². The quantitative estimate of drug-likeness (QED) is 0.783. The topological polar surface area (TPSA) is 63.6 Å². The fourth-order valence-corrected chi connectivity index (χ4v) is 3.02. The van der Waals surface area contributed by atoms with E-state index in [2.05, 4.69) is 25.3 Å². The number of nitrogens with one attached hydrogen (secondary N) is 1.